The van der Waals surface area contributed by atoms with Crippen molar-refractivity contribution in [1.82, 2.24) is 25.5 Å². The fourth-order valence-electron chi connectivity index (χ4n) is 2.47. The van der Waals surface area contributed by atoms with Crippen molar-refractivity contribution < 1.29 is 15.0 Å². The minimum absolute atomic E-state index is 0.260. The molecule has 2 aromatic heterocycles. The standard InChI is InChI=1S/C13H17N7O3/c1-7-4-11(17-10-2-3-14-19-10)18-12(15-7)20-5-8(9(21)6-20)16-13(22)23/h2-4,8-9,16,21H,5-6H2,1H3,(H,22,23)(H2,14,15,17,18,19)/t8-,9-/m1/s1. The van der Waals surface area contributed by atoms with Crippen molar-refractivity contribution in [1.29, 1.82) is 0 Å². The Labute approximate surface area is 131 Å². The fraction of sp³-hybridized carbons (Fsp3) is 0.385. The number of aryl methyl sites for hydroxylation is 1. The normalized spacial score (nSPS) is 20.5. The van der Waals surface area contributed by atoms with Gasteiger partial charge in [0.1, 0.15) is 5.82 Å². The van der Waals surface area contributed by atoms with E-state index in [9.17, 15) is 9.90 Å². The van der Waals surface area contributed by atoms with E-state index in [0.717, 1.165) is 5.69 Å². The highest BCUT2D eigenvalue weighted by molar-refractivity contribution is 5.65. The van der Waals surface area contributed by atoms with Crippen molar-refractivity contribution in [3.63, 3.8) is 0 Å². The molecule has 10 heteroatoms. The molecule has 122 valence electrons. The van der Waals surface area contributed by atoms with E-state index < -0.39 is 18.2 Å². The maximum atomic E-state index is 10.7. The fourth-order valence-corrected chi connectivity index (χ4v) is 2.47. The highest BCUT2D eigenvalue weighted by atomic mass is 16.4. The minimum Gasteiger partial charge on any atom is -0.465 e. The van der Waals surface area contributed by atoms with Crippen LogP contribution in [-0.2, 0) is 0 Å². The number of carbonyl (C=O) groups is 1. The van der Waals surface area contributed by atoms with Gasteiger partial charge >= 0.3 is 6.09 Å². The first-order valence-electron chi connectivity index (χ1n) is 7.06. The Hall–Kier alpha value is -2.88. The van der Waals surface area contributed by atoms with Gasteiger partial charge in [-0.2, -0.15) is 10.1 Å². The minimum atomic E-state index is -1.16. The second-order valence-corrected chi connectivity index (χ2v) is 5.31. The first kappa shape index (κ1) is 15.0. The molecule has 0 aromatic carbocycles. The number of aromatic amines is 1. The predicted molar refractivity (Wildman–Crippen MR) is 81.8 cm³/mol. The molecule has 0 unspecified atom stereocenters. The predicted octanol–water partition coefficient (Wildman–Crippen LogP) is 0.0688. The van der Waals surface area contributed by atoms with Crippen molar-refractivity contribution in [2.45, 2.75) is 19.1 Å². The molecule has 1 aliphatic heterocycles. The van der Waals surface area contributed by atoms with Gasteiger partial charge in [-0.3, -0.25) is 5.10 Å². The molecular formula is C13H17N7O3. The van der Waals surface area contributed by atoms with Crippen LogP contribution in [0.15, 0.2) is 18.3 Å². The molecule has 5 N–H and O–H groups in total. The molecule has 1 amide bonds. The van der Waals surface area contributed by atoms with Gasteiger partial charge in [0.15, 0.2) is 5.82 Å². The lowest BCUT2D eigenvalue weighted by molar-refractivity contribution is 0.148. The maximum Gasteiger partial charge on any atom is 0.405 e. The van der Waals surface area contributed by atoms with E-state index in [1.165, 1.54) is 0 Å². The number of carboxylic acid groups (broad SMARTS) is 1. The molecule has 2 aromatic rings. The van der Waals surface area contributed by atoms with Crippen molar-refractivity contribution in [2.75, 3.05) is 23.3 Å². The van der Waals surface area contributed by atoms with Crippen LogP contribution in [0.4, 0.5) is 22.4 Å². The third-order valence-corrected chi connectivity index (χ3v) is 3.48. The molecule has 23 heavy (non-hydrogen) atoms. The summed E-state index contributed by atoms with van der Waals surface area (Å²) >= 11 is 0. The number of anilines is 3. The molecule has 0 radical (unpaired) electrons. The molecule has 0 spiro atoms. The van der Waals surface area contributed by atoms with Gasteiger partial charge in [-0.05, 0) is 6.92 Å². The molecule has 3 rings (SSSR count). The number of nitrogens with zero attached hydrogens (tertiary/aromatic N) is 4. The number of β-amino-alcohol motifs (C(OH)–C–C–N with tert-alkyl or cyclic N) is 1. The topological polar surface area (TPSA) is 139 Å². The van der Waals surface area contributed by atoms with Crippen LogP contribution < -0.4 is 15.5 Å². The third kappa shape index (κ3) is 3.48. The number of hydrogen-bond donors (Lipinski definition) is 5. The van der Waals surface area contributed by atoms with Crippen molar-refractivity contribution >= 4 is 23.7 Å². The van der Waals surface area contributed by atoms with E-state index in [1.807, 2.05) is 6.92 Å². The lowest BCUT2D eigenvalue weighted by atomic mass is 10.2. The lowest BCUT2D eigenvalue weighted by Gasteiger charge is -2.17. The molecule has 0 bridgehead atoms. The summed E-state index contributed by atoms with van der Waals surface area (Å²) < 4.78 is 0. The Bertz CT molecular complexity index is 691. The number of aliphatic hydroxyl groups is 1. The number of rotatable bonds is 4. The van der Waals surface area contributed by atoms with Gasteiger partial charge in [0.25, 0.3) is 0 Å². The monoisotopic (exact) mass is 319 g/mol. The van der Waals surface area contributed by atoms with Crippen LogP contribution in [0.5, 0.6) is 0 Å². The molecule has 1 aliphatic rings. The van der Waals surface area contributed by atoms with Gasteiger partial charge in [-0.25, -0.2) is 9.78 Å². The first-order chi connectivity index (χ1) is 11.0. The molecular weight excluding hydrogens is 302 g/mol. The van der Waals surface area contributed by atoms with E-state index in [0.29, 0.717) is 24.1 Å². The van der Waals surface area contributed by atoms with Gasteiger partial charge < -0.3 is 25.7 Å². The smallest absolute Gasteiger partial charge is 0.405 e. The lowest BCUT2D eigenvalue weighted by Crippen LogP contribution is -2.42. The second-order valence-electron chi connectivity index (χ2n) is 5.31. The van der Waals surface area contributed by atoms with Crippen LogP contribution in [0.25, 0.3) is 0 Å². The molecule has 3 heterocycles. The van der Waals surface area contributed by atoms with Crippen molar-refractivity contribution in [3.05, 3.63) is 24.0 Å². The summed E-state index contributed by atoms with van der Waals surface area (Å²) in [5.41, 5.74) is 0.747. The van der Waals surface area contributed by atoms with Crippen LogP contribution in [0.2, 0.25) is 0 Å². The highest BCUT2D eigenvalue weighted by Gasteiger charge is 2.34. The average molecular weight is 319 g/mol. The van der Waals surface area contributed by atoms with Crippen LogP contribution >= 0.6 is 0 Å². The van der Waals surface area contributed by atoms with Crippen molar-refractivity contribution in [3.8, 4) is 0 Å². The summed E-state index contributed by atoms with van der Waals surface area (Å²) in [6.45, 7) is 2.40. The first-order valence-corrected chi connectivity index (χ1v) is 7.06. The number of hydrogen-bond acceptors (Lipinski definition) is 7. The zero-order valence-electron chi connectivity index (χ0n) is 12.4. The maximum absolute atomic E-state index is 10.7. The van der Waals surface area contributed by atoms with Crippen LogP contribution in [0, 0.1) is 6.92 Å². The van der Waals surface area contributed by atoms with Gasteiger partial charge in [0.2, 0.25) is 5.95 Å². The number of amides is 1. The average Bonchev–Trinajstić information content (AvgIpc) is 3.08. The molecule has 1 saturated heterocycles. The van der Waals surface area contributed by atoms with Gasteiger partial charge in [0, 0.05) is 37.1 Å². The van der Waals surface area contributed by atoms with E-state index in [4.69, 9.17) is 5.11 Å². The van der Waals surface area contributed by atoms with Gasteiger partial charge in [-0.15, -0.1) is 0 Å². The second kappa shape index (κ2) is 6.08. The van der Waals surface area contributed by atoms with Crippen LogP contribution in [0.1, 0.15) is 5.69 Å². The summed E-state index contributed by atoms with van der Waals surface area (Å²) in [6.07, 6.45) is -0.282. The number of nitrogens with one attached hydrogen (secondary N) is 3. The largest absolute Gasteiger partial charge is 0.465 e. The molecule has 2 atom stereocenters. The number of aromatic nitrogens is 4. The SMILES string of the molecule is Cc1cc(Nc2cc[nH]n2)nc(N2C[C@@H](O)[C@H](NC(=O)O)C2)n1. The molecule has 1 fully saturated rings. The van der Waals surface area contributed by atoms with Crippen LogP contribution in [0.3, 0.4) is 0 Å². The Morgan fingerprint density at radius 3 is 2.91 bits per heavy atom. The summed E-state index contributed by atoms with van der Waals surface area (Å²) in [4.78, 5) is 21.2. The van der Waals surface area contributed by atoms with E-state index in [-0.39, 0.29) is 6.54 Å². The summed E-state index contributed by atoms with van der Waals surface area (Å²) in [7, 11) is 0. The Morgan fingerprint density at radius 2 is 2.22 bits per heavy atom. The summed E-state index contributed by atoms with van der Waals surface area (Å²) in [5.74, 6) is 1.63. The molecule has 0 aliphatic carbocycles. The van der Waals surface area contributed by atoms with Gasteiger partial charge in [-0.1, -0.05) is 0 Å². The summed E-state index contributed by atoms with van der Waals surface area (Å²) in [6, 6.07) is 2.97. The summed E-state index contributed by atoms with van der Waals surface area (Å²) in [5, 5.41) is 30.8. The zero-order valence-corrected chi connectivity index (χ0v) is 12.4. The Morgan fingerprint density at radius 1 is 1.39 bits per heavy atom. The van der Waals surface area contributed by atoms with Crippen molar-refractivity contribution in [2.24, 2.45) is 0 Å². The van der Waals surface area contributed by atoms with E-state index in [1.54, 1.807) is 23.2 Å². The van der Waals surface area contributed by atoms with E-state index in [2.05, 4.69) is 30.8 Å². The molecule has 0 saturated carbocycles. The number of H-pyrrole nitrogens is 1. The number of aliphatic hydroxyl groups excluding tert-OH is 1. The highest BCUT2D eigenvalue weighted by Crippen LogP contribution is 2.21. The van der Waals surface area contributed by atoms with E-state index >= 15 is 0 Å². The van der Waals surface area contributed by atoms with Crippen LogP contribution in [-0.4, -0.2) is 61.7 Å². The Kier molecular flexibility index (Phi) is 3.98. The molecule has 10 nitrogen and oxygen atoms in total. The quantitative estimate of drug-likeness (QED) is 0.533. The Balaban J connectivity index is 1.77. The third-order valence-electron chi connectivity index (χ3n) is 3.48. The van der Waals surface area contributed by atoms with Gasteiger partial charge in [0.05, 0.1) is 12.1 Å². The zero-order chi connectivity index (χ0) is 16.4.